The second-order valence-electron chi connectivity index (χ2n) is 11.1. The number of carbonyl (C=O) groups is 4. The Bertz CT molecular complexity index is 1750. The molecular formula is C33H38N4O6. The number of amides is 2. The van der Waals surface area contributed by atoms with Gasteiger partial charge in [0.05, 0.1) is 5.71 Å². The number of carbonyl (C=O) groups excluding carboxylic acids is 2. The lowest BCUT2D eigenvalue weighted by Crippen LogP contribution is -2.16. The summed E-state index contributed by atoms with van der Waals surface area (Å²) in [5.74, 6) is -2.31. The van der Waals surface area contributed by atoms with E-state index in [0.29, 0.717) is 33.3 Å². The maximum absolute atomic E-state index is 12.4. The van der Waals surface area contributed by atoms with Crippen LogP contribution in [0.15, 0.2) is 34.5 Å². The highest BCUT2D eigenvalue weighted by atomic mass is 16.4. The van der Waals surface area contributed by atoms with E-state index in [1.54, 1.807) is 13.0 Å². The van der Waals surface area contributed by atoms with E-state index in [-0.39, 0.29) is 49.3 Å². The third kappa shape index (κ3) is 6.38. The van der Waals surface area contributed by atoms with Gasteiger partial charge in [-0.05, 0) is 86.1 Å². The van der Waals surface area contributed by atoms with Crippen LogP contribution in [0.2, 0.25) is 0 Å². The number of carboxylic acid groups (broad SMARTS) is 2. The van der Waals surface area contributed by atoms with Crippen molar-refractivity contribution in [3.63, 3.8) is 0 Å². The normalized spacial score (nSPS) is 20.4. The summed E-state index contributed by atoms with van der Waals surface area (Å²) in [5.41, 5.74) is 7.26. The first-order valence-corrected chi connectivity index (χ1v) is 14.4. The summed E-state index contributed by atoms with van der Waals surface area (Å²) in [6, 6.07) is 0. The van der Waals surface area contributed by atoms with Gasteiger partial charge in [0.2, 0.25) is 5.91 Å². The molecule has 1 fully saturated rings. The molecule has 2 atom stereocenters. The van der Waals surface area contributed by atoms with Gasteiger partial charge in [-0.2, -0.15) is 0 Å². The summed E-state index contributed by atoms with van der Waals surface area (Å²) in [5, 5.41) is 23.2. The highest BCUT2D eigenvalue weighted by Gasteiger charge is 2.34. The summed E-state index contributed by atoms with van der Waals surface area (Å²) in [7, 11) is 0. The highest BCUT2D eigenvalue weighted by Crippen LogP contribution is 2.32. The minimum atomic E-state index is -0.928. The van der Waals surface area contributed by atoms with Crippen LogP contribution in [-0.4, -0.2) is 49.6 Å². The SMILES string of the molecule is C=CC1=C(C)C(/C=c2/[nH]/c(=C\c3[nH]c(/C=C4\NC(=O)[C@H](C)[C@H]4CC)c(C)c3CCC(=O)O)c(CCC(=O)O)c2C)=NC1=O. The first-order valence-electron chi connectivity index (χ1n) is 14.4. The van der Waals surface area contributed by atoms with E-state index < -0.39 is 11.9 Å². The zero-order valence-corrected chi connectivity index (χ0v) is 25.2. The van der Waals surface area contributed by atoms with Crippen LogP contribution in [0.1, 0.15) is 73.7 Å². The van der Waals surface area contributed by atoms with E-state index in [1.165, 1.54) is 6.08 Å². The second-order valence-corrected chi connectivity index (χ2v) is 11.1. The average Bonchev–Trinajstić information content (AvgIpc) is 3.59. The molecular weight excluding hydrogens is 548 g/mol. The van der Waals surface area contributed by atoms with Crippen molar-refractivity contribution in [1.82, 2.24) is 15.3 Å². The number of H-pyrrole nitrogens is 2. The predicted molar refractivity (Wildman–Crippen MR) is 165 cm³/mol. The molecule has 10 heteroatoms. The number of aliphatic imine (C=N–C) groups is 1. The van der Waals surface area contributed by atoms with Gasteiger partial charge in [0.15, 0.2) is 0 Å². The Morgan fingerprint density at radius 1 is 0.907 bits per heavy atom. The summed E-state index contributed by atoms with van der Waals surface area (Å²) >= 11 is 0. The standard InChI is InChI=1S/C33H38N4O6/c1-7-20-19(6)32(42)37-27(20)14-25-18(5)23(10-12-31(40)41)29(35-25)15-28-22(9-11-30(38)39)17(4)24(34-28)13-26-16(3)21(8-2)33(43)36-26/h8,13-15,19-20,34-35H,2,7,9-12H2,1,3-6H3,(H,37,42)(H,38,39)(H,40,41)/b24-13+,27-14-,28-15-/t19-,20-/m1/s1. The van der Waals surface area contributed by atoms with Crippen LogP contribution in [0, 0.1) is 25.7 Å². The number of nitrogens with zero attached hydrogens (tertiary/aromatic N) is 1. The Balaban J connectivity index is 1.90. The van der Waals surface area contributed by atoms with Gasteiger partial charge in [-0.1, -0.05) is 26.5 Å². The van der Waals surface area contributed by atoms with Crippen molar-refractivity contribution in [1.29, 1.82) is 0 Å². The molecule has 0 aliphatic carbocycles. The first kappa shape index (κ1) is 31.2. The molecule has 10 nitrogen and oxygen atoms in total. The average molecular weight is 587 g/mol. The largest absolute Gasteiger partial charge is 0.481 e. The van der Waals surface area contributed by atoms with Gasteiger partial charge in [0.25, 0.3) is 5.91 Å². The maximum Gasteiger partial charge on any atom is 0.303 e. The molecule has 1 saturated heterocycles. The van der Waals surface area contributed by atoms with Crippen molar-refractivity contribution in [2.24, 2.45) is 16.8 Å². The molecule has 226 valence electrons. The van der Waals surface area contributed by atoms with Gasteiger partial charge in [0, 0.05) is 58.0 Å². The Hall–Kier alpha value is -4.73. The lowest BCUT2D eigenvalue weighted by molar-refractivity contribution is -0.138. The fourth-order valence-corrected chi connectivity index (χ4v) is 5.89. The van der Waals surface area contributed by atoms with Crippen molar-refractivity contribution in [3.8, 4) is 0 Å². The summed E-state index contributed by atoms with van der Waals surface area (Å²) < 4.78 is 0. The molecule has 0 radical (unpaired) electrons. The lowest BCUT2D eigenvalue weighted by Gasteiger charge is -2.11. The molecule has 0 unspecified atom stereocenters. The number of allylic oxidation sites excluding steroid dienone is 2. The fourth-order valence-electron chi connectivity index (χ4n) is 5.89. The molecule has 2 aliphatic rings. The van der Waals surface area contributed by atoms with Gasteiger partial charge < -0.3 is 25.5 Å². The second kappa shape index (κ2) is 12.6. The molecule has 5 N–H and O–H groups in total. The van der Waals surface area contributed by atoms with E-state index in [2.05, 4.69) is 26.9 Å². The van der Waals surface area contributed by atoms with Crippen molar-refractivity contribution in [2.75, 3.05) is 0 Å². The Labute approximate surface area is 249 Å². The van der Waals surface area contributed by atoms with Crippen LogP contribution in [0.25, 0.3) is 18.2 Å². The molecule has 2 aliphatic heterocycles. The number of carboxylic acids is 2. The van der Waals surface area contributed by atoms with Crippen molar-refractivity contribution >= 4 is 47.7 Å². The first-order chi connectivity index (χ1) is 20.4. The maximum atomic E-state index is 12.4. The number of aliphatic carboxylic acids is 2. The molecule has 4 heterocycles. The quantitative estimate of drug-likeness (QED) is 0.271. The van der Waals surface area contributed by atoms with Crippen molar-refractivity contribution in [3.05, 3.63) is 73.8 Å². The van der Waals surface area contributed by atoms with Gasteiger partial charge >= 0.3 is 11.9 Å². The summed E-state index contributed by atoms with van der Waals surface area (Å²) in [6.45, 7) is 13.3. The van der Waals surface area contributed by atoms with E-state index in [4.69, 9.17) is 0 Å². The number of rotatable bonds is 11. The number of nitrogens with one attached hydrogen (secondary N) is 3. The van der Waals surface area contributed by atoms with Crippen LogP contribution in [0.4, 0.5) is 0 Å². The monoisotopic (exact) mass is 586 g/mol. The molecule has 2 amide bonds. The number of hydrogen-bond donors (Lipinski definition) is 5. The third-order valence-electron chi connectivity index (χ3n) is 8.52. The Morgan fingerprint density at radius 3 is 2.14 bits per heavy atom. The van der Waals surface area contributed by atoms with Crippen LogP contribution < -0.4 is 16.0 Å². The minimum Gasteiger partial charge on any atom is -0.481 e. The summed E-state index contributed by atoms with van der Waals surface area (Å²) in [6.07, 6.45) is 8.25. The summed E-state index contributed by atoms with van der Waals surface area (Å²) in [4.78, 5) is 58.6. The zero-order chi connectivity index (χ0) is 31.6. The van der Waals surface area contributed by atoms with Crippen LogP contribution in [-0.2, 0) is 32.0 Å². The molecule has 4 rings (SSSR count). The molecule has 43 heavy (non-hydrogen) atoms. The van der Waals surface area contributed by atoms with E-state index >= 15 is 0 Å². The minimum absolute atomic E-state index is 0.0206. The number of hydrogen-bond acceptors (Lipinski definition) is 4. The Morgan fingerprint density at radius 2 is 1.56 bits per heavy atom. The predicted octanol–water partition coefficient (Wildman–Crippen LogP) is 3.22. The van der Waals surface area contributed by atoms with Crippen molar-refractivity contribution < 1.29 is 29.4 Å². The topological polar surface area (TPSA) is 165 Å². The molecule has 2 aromatic heterocycles. The molecule has 0 saturated carbocycles. The molecule has 0 bridgehead atoms. The Kier molecular flexibility index (Phi) is 9.18. The lowest BCUT2D eigenvalue weighted by atomic mass is 9.92. The van der Waals surface area contributed by atoms with Gasteiger partial charge in [-0.3, -0.25) is 19.2 Å². The van der Waals surface area contributed by atoms with Gasteiger partial charge in [0.1, 0.15) is 0 Å². The smallest absolute Gasteiger partial charge is 0.303 e. The fraction of sp³-hybridized carbons (Fsp3) is 0.364. The van der Waals surface area contributed by atoms with Gasteiger partial charge in [-0.25, -0.2) is 4.99 Å². The van der Waals surface area contributed by atoms with E-state index in [9.17, 15) is 29.4 Å². The van der Waals surface area contributed by atoms with E-state index in [0.717, 1.165) is 40.1 Å². The number of aromatic amines is 2. The third-order valence-corrected chi connectivity index (χ3v) is 8.52. The van der Waals surface area contributed by atoms with E-state index in [1.807, 2.05) is 39.8 Å². The number of aromatic nitrogens is 2. The van der Waals surface area contributed by atoms with Crippen LogP contribution in [0.5, 0.6) is 0 Å². The molecule has 0 spiro atoms. The van der Waals surface area contributed by atoms with Gasteiger partial charge in [-0.15, -0.1) is 0 Å². The zero-order valence-electron chi connectivity index (χ0n) is 25.2. The van der Waals surface area contributed by atoms with Crippen LogP contribution in [0.3, 0.4) is 0 Å². The molecule has 0 aromatic carbocycles. The van der Waals surface area contributed by atoms with Crippen molar-refractivity contribution in [2.45, 2.75) is 66.7 Å². The van der Waals surface area contributed by atoms with Crippen LogP contribution >= 0.6 is 0 Å². The molecule has 2 aromatic rings. The highest BCUT2D eigenvalue weighted by molar-refractivity contribution is 6.31.